The fourth-order valence-corrected chi connectivity index (χ4v) is 1.50. The molecule has 0 saturated heterocycles. The van der Waals surface area contributed by atoms with Crippen LogP contribution in [0.5, 0.6) is 0 Å². The van der Waals surface area contributed by atoms with Gasteiger partial charge in [0.2, 0.25) is 0 Å². The predicted octanol–water partition coefficient (Wildman–Crippen LogP) is 1.04. The van der Waals surface area contributed by atoms with Gasteiger partial charge >= 0.3 is 23.9 Å². The van der Waals surface area contributed by atoms with E-state index in [9.17, 15) is 19.2 Å². The number of aliphatic hydroxyl groups excluding tert-OH is 3. The molecule has 0 aromatic rings. The summed E-state index contributed by atoms with van der Waals surface area (Å²) in [7, 11) is 0. The second-order valence-corrected chi connectivity index (χ2v) is 5.58. The van der Waals surface area contributed by atoms with Crippen molar-refractivity contribution in [3.05, 3.63) is 25.3 Å². The Morgan fingerprint density at radius 1 is 0.724 bits per heavy atom. The molecule has 0 bridgehead atoms. The zero-order valence-corrected chi connectivity index (χ0v) is 16.5. The Labute approximate surface area is 170 Å². The number of carboxylic acid groups (broad SMARTS) is 2. The van der Waals surface area contributed by atoms with Gasteiger partial charge in [-0.25, -0.2) is 9.59 Å². The number of aliphatic carboxylic acids is 2. The number of rotatable bonds is 13. The van der Waals surface area contributed by atoms with Crippen molar-refractivity contribution in [3.63, 3.8) is 0 Å². The average Bonchev–Trinajstić information content (AvgIpc) is 2.69. The second-order valence-electron chi connectivity index (χ2n) is 5.58. The number of carboxylic acids is 2. The van der Waals surface area contributed by atoms with E-state index in [-0.39, 0.29) is 26.1 Å². The van der Waals surface area contributed by atoms with Crippen LogP contribution >= 0.6 is 0 Å². The molecule has 168 valence electrons. The predicted molar refractivity (Wildman–Crippen MR) is 104 cm³/mol. The van der Waals surface area contributed by atoms with Crippen molar-refractivity contribution < 1.29 is 49.4 Å². The number of carbonyl (C=O) groups is 4. The van der Waals surface area contributed by atoms with Crippen molar-refractivity contribution in [1.29, 1.82) is 0 Å². The first kappa shape index (κ1) is 31.1. The van der Waals surface area contributed by atoms with Crippen molar-refractivity contribution in [3.8, 4) is 0 Å². The van der Waals surface area contributed by atoms with E-state index in [1.165, 1.54) is 0 Å². The lowest BCUT2D eigenvalue weighted by Gasteiger charge is -1.98. The first-order valence-corrected chi connectivity index (χ1v) is 8.98. The number of aliphatic hydroxyl groups is 3. The molecule has 10 nitrogen and oxygen atoms in total. The molecule has 0 aromatic carbocycles. The number of unbranched alkanes of at least 4 members (excludes halogenated alkanes) is 5. The van der Waals surface area contributed by atoms with Crippen LogP contribution in [0.15, 0.2) is 25.3 Å². The lowest BCUT2D eigenvalue weighted by atomic mass is 10.1. The van der Waals surface area contributed by atoms with Gasteiger partial charge in [-0.15, -0.1) is 0 Å². The van der Waals surface area contributed by atoms with Crippen LogP contribution in [0.2, 0.25) is 0 Å². The lowest BCUT2D eigenvalue weighted by molar-refractivity contribution is -0.152. The molecule has 0 atom stereocenters. The van der Waals surface area contributed by atoms with Gasteiger partial charge in [-0.05, 0) is 12.8 Å². The molecule has 0 aliphatic heterocycles. The van der Waals surface area contributed by atoms with Crippen LogP contribution in [-0.2, 0) is 23.9 Å². The standard InChI is InChI=1S/C10H18O4.C6H6O3.C3H8O3/c11-9(12)7-5-3-1-2-4-6-8-10(13)14;1-3-5(7)9-6(8)4-2;4-1-3(6)2-5/h1-8H2,(H,11,12)(H,13,14);3-4H,1-2H2;3-6H,1-2H2. The van der Waals surface area contributed by atoms with Crippen LogP contribution in [0.1, 0.15) is 51.4 Å². The molecule has 5 N–H and O–H groups in total. The van der Waals surface area contributed by atoms with Crippen LogP contribution in [-0.4, -0.2) is 68.7 Å². The van der Waals surface area contributed by atoms with Crippen molar-refractivity contribution in [2.45, 2.75) is 57.5 Å². The molecule has 0 unspecified atom stereocenters. The summed E-state index contributed by atoms with van der Waals surface area (Å²) in [5, 5.41) is 40.7. The third-order valence-corrected chi connectivity index (χ3v) is 2.99. The minimum Gasteiger partial charge on any atom is -0.481 e. The molecule has 0 rings (SSSR count). The van der Waals surface area contributed by atoms with E-state index in [2.05, 4.69) is 17.9 Å². The topological polar surface area (TPSA) is 179 Å². The van der Waals surface area contributed by atoms with E-state index < -0.39 is 30.0 Å². The SMILES string of the molecule is C=CC(=O)OC(=O)C=C.O=C(O)CCCCCCCCC(=O)O.OCC(O)CO. The van der Waals surface area contributed by atoms with E-state index in [4.69, 9.17) is 25.5 Å². The summed E-state index contributed by atoms with van der Waals surface area (Å²) < 4.78 is 4.03. The third kappa shape index (κ3) is 33.5. The molecule has 0 fully saturated rings. The van der Waals surface area contributed by atoms with E-state index in [1.54, 1.807) is 0 Å². The Kier molecular flexibility index (Phi) is 25.2. The maximum atomic E-state index is 10.2. The maximum Gasteiger partial charge on any atom is 0.338 e. The number of ether oxygens (including phenoxy) is 1. The smallest absolute Gasteiger partial charge is 0.338 e. The van der Waals surface area contributed by atoms with Gasteiger partial charge in [0.05, 0.1) is 13.2 Å². The Balaban J connectivity index is -0.000000386. The van der Waals surface area contributed by atoms with Crippen LogP contribution in [0.4, 0.5) is 0 Å². The molecule has 29 heavy (non-hydrogen) atoms. The summed E-state index contributed by atoms with van der Waals surface area (Å²) in [4.78, 5) is 40.6. The molecule has 0 heterocycles. The quantitative estimate of drug-likeness (QED) is 0.125. The van der Waals surface area contributed by atoms with Gasteiger partial charge < -0.3 is 30.3 Å². The summed E-state index contributed by atoms with van der Waals surface area (Å²) in [5.74, 6) is -3.01. The van der Waals surface area contributed by atoms with Gasteiger partial charge in [-0.3, -0.25) is 9.59 Å². The van der Waals surface area contributed by atoms with Gasteiger partial charge in [0.1, 0.15) is 6.10 Å². The fourth-order valence-electron chi connectivity index (χ4n) is 1.50. The summed E-state index contributed by atoms with van der Waals surface area (Å²) in [6.45, 7) is 5.44. The summed E-state index contributed by atoms with van der Waals surface area (Å²) >= 11 is 0. The van der Waals surface area contributed by atoms with Crippen LogP contribution in [0, 0.1) is 0 Å². The maximum absolute atomic E-state index is 10.2. The summed E-state index contributed by atoms with van der Waals surface area (Å²) in [5.41, 5.74) is 0. The zero-order chi connectivity index (χ0) is 23.1. The third-order valence-electron chi connectivity index (χ3n) is 2.99. The first-order chi connectivity index (χ1) is 13.6. The molecule has 0 aromatic heterocycles. The van der Waals surface area contributed by atoms with Gasteiger partial charge in [0.25, 0.3) is 0 Å². The average molecular weight is 420 g/mol. The highest BCUT2D eigenvalue weighted by Gasteiger charge is 1.99. The minimum absolute atomic E-state index is 0.245. The van der Waals surface area contributed by atoms with E-state index in [1.807, 2.05) is 0 Å². The Morgan fingerprint density at radius 2 is 1.03 bits per heavy atom. The van der Waals surface area contributed by atoms with Crippen molar-refractivity contribution in [2.24, 2.45) is 0 Å². The molecule has 0 aliphatic carbocycles. The number of carbonyl (C=O) groups excluding carboxylic acids is 2. The minimum atomic E-state index is -0.954. The molecule has 0 spiro atoms. The van der Waals surface area contributed by atoms with Crippen molar-refractivity contribution in [2.75, 3.05) is 13.2 Å². The highest BCUT2D eigenvalue weighted by Crippen LogP contribution is 2.08. The molecule has 0 saturated carbocycles. The first-order valence-electron chi connectivity index (χ1n) is 8.98. The number of hydrogen-bond acceptors (Lipinski definition) is 8. The summed E-state index contributed by atoms with van der Waals surface area (Å²) in [6, 6.07) is 0. The second kappa shape index (κ2) is 23.5. The van der Waals surface area contributed by atoms with Gasteiger partial charge in [-0.2, -0.15) is 0 Å². The van der Waals surface area contributed by atoms with E-state index in [0.29, 0.717) is 0 Å². The van der Waals surface area contributed by atoms with Crippen molar-refractivity contribution in [1.82, 2.24) is 0 Å². The Morgan fingerprint density at radius 3 is 1.24 bits per heavy atom. The fraction of sp³-hybridized carbons (Fsp3) is 0.579. The van der Waals surface area contributed by atoms with Crippen LogP contribution in [0.25, 0.3) is 0 Å². The highest BCUT2D eigenvalue weighted by atomic mass is 16.6. The van der Waals surface area contributed by atoms with E-state index in [0.717, 1.165) is 50.7 Å². The van der Waals surface area contributed by atoms with Crippen LogP contribution in [0.3, 0.4) is 0 Å². The summed E-state index contributed by atoms with van der Waals surface area (Å²) in [6.07, 6.45) is 6.68. The van der Waals surface area contributed by atoms with E-state index >= 15 is 0 Å². The highest BCUT2D eigenvalue weighted by molar-refractivity contribution is 5.95. The Bertz CT molecular complexity index is 445. The monoisotopic (exact) mass is 420 g/mol. The molecule has 10 heteroatoms. The normalized spacial score (nSPS) is 9.24. The van der Waals surface area contributed by atoms with Gasteiger partial charge in [0.15, 0.2) is 0 Å². The molecular weight excluding hydrogens is 388 g/mol. The molecule has 0 aliphatic rings. The zero-order valence-electron chi connectivity index (χ0n) is 16.5. The van der Waals surface area contributed by atoms with Crippen molar-refractivity contribution >= 4 is 23.9 Å². The number of esters is 2. The molecule has 0 amide bonds. The van der Waals surface area contributed by atoms with Crippen LogP contribution < -0.4 is 0 Å². The van der Waals surface area contributed by atoms with Gasteiger partial charge in [-0.1, -0.05) is 38.8 Å². The molecule has 0 radical (unpaired) electrons. The van der Waals surface area contributed by atoms with Gasteiger partial charge in [0, 0.05) is 25.0 Å². The molecular formula is C19H32O10. The lowest BCUT2D eigenvalue weighted by Crippen LogP contribution is -2.15. The largest absolute Gasteiger partial charge is 0.481 e. The Hall–Kier alpha value is -2.56. The number of hydrogen-bond donors (Lipinski definition) is 5.